The summed E-state index contributed by atoms with van der Waals surface area (Å²) in [5, 5.41) is 11.7. The average molecular weight is 472 g/mol. The molecule has 2 aromatic rings. The highest BCUT2D eigenvalue weighted by atomic mass is 35.5. The van der Waals surface area contributed by atoms with Gasteiger partial charge in [-0.2, -0.15) is 0 Å². The molecule has 1 saturated heterocycles. The first kappa shape index (κ1) is 24.6. The van der Waals surface area contributed by atoms with Gasteiger partial charge in [-0.15, -0.1) is 0 Å². The Morgan fingerprint density at radius 1 is 1.12 bits per heavy atom. The van der Waals surface area contributed by atoms with Crippen LogP contribution in [0, 0.1) is 6.92 Å². The van der Waals surface area contributed by atoms with Gasteiger partial charge in [-0.25, -0.2) is 0 Å². The number of likely N-dealkylation sites (tertiary alicyclic amines) is 1. The predicted molar refractivity (Wildman–Crippen MR) is 131 cm³/mol. The number of carbonyl (C=O) groups excluding carboxylic acids is 2. The molecule has 0 aliphatic carbocycles. The monoisotopic (exact) mass is 471 g/mol. The van der Waals surface area contributed by atoms with E-state index in [2.05, 4.69) is 0 Å². The Hall–Kier alpha value is -3.03. The van der Waals surface area contributed by atoms with Crippen molar-refractivity contribution in [2.75, 3.05) is 53.3 Å². The van der Waals surface area contributed by atoms with Crippen LogP contribution in [-0.4, -0.2) is 75.0 Å². The maximum absolute atomic E-state index is 13.2. The number of aryl methyl sites for hydroxylation is 1. The fourth-order valence-electron chi connectivity index (χ4n) is 3.98. The molecule has 0 saturated carbocycles. The van der Waals surface area contributed by atoms with E-state index in [0.29, 0.717) is 18.1 Å². The first-order chi connectivity index (χ1) is 15.6. The quantitative estimate of drug-likeness (QED) is 0.377. The SMILES string of the molecule is COc1c(Cl)cc(C)cc1/C(O)=C1\C(=O)C(=O)N(CCN(C)C)C1c1ccc(N(C)C)cc1. The molecule has 1 aliphatic rings. The van der Waals surface area contributed by atoms with E-state index in [4.69, 9.17) is 16.3 Å². The lowest BCUT2D eigenvalue weighted by Gasteiger charge is -2.27. The Morgan fingerprint density at radius 3 is 2.30 bits per heavy atom. The van der Waals surface area contributed by atoms with Gasteiger partial charge >= 0.3 is 0 Å². The Morgan fingerprint density at radius 2 is 1.76 bits per heavy atom. The minimum Gasteiger partial charge on any atom is -0.507 e. The third-order valence-corrected chi connectivity index (χ3v) is 5.98. The van der Waals surface area contributed by atoms with Crippen LogP contribution in [0.15, 0.2) is 42.0 Å². The number of nitrogens with zero attached hydrogens (tertiary/aromatic N) is 3. The van der Waals surface area contributed by atoms with Gasteiger partial charge in [0.15, 0.2) is 0 Å². The number of aliphatic hydroxyl groups is 1. The number of hydrogen-bond acceptors (Lipinski definition) is 6. The molecular formula is C25H30ClN3O4. The number of Topliss-reactive ketones (excluding diaryl/α,β-unsaturated/α-hetero) is 1. The normalized spacial score (nSPS) is 17.7. The van der Waals surface area contributed by atoms with Crippen molar-refractivity contribution in [2.24, 2.45) is 0 Å². The van der Waals surface area contributed by atoms with Crippen LogP contribution in [0.1, 0.15) is 22.7 Å². The van der Waals surface area contributed by atoms with Gasteiger partial charge in [0.05, 0.1) is 29.3 Å². The van der Waals surface area contributed by atoms with Gasteiger partial charge < -0.3 is 24.5 Å². The van der Waals surface area contributed by atoms with Crippen LogP contribution in [-0.2, 0) is 9.59 Å². The number of halogens is 1. The summed E-state index contributed by atoms with van der Waals surface area (Å²) in [6.45, 7) is 2.73. The molecule has 0 radical (unpaired) electrons. The second-order valence-corrected chi connectivity index (χ2v) is 9.02. The number of hydrogen-bond donors (Lipinski definition) is 1. The van der Waals surface area contributed by atoms with Crippen LogP contribution < -0.4 is 9.64 Å². The molecule has 176 valence electrons. The molecule has 8 heteroatoms. The van der Waals surface area contributed by atoms with Crippen molar-refractivity contribution in [2.45, 2.75) is 13.0 Å². The smallest absolute Gasteiger partial charge is 0.295 e. The first-order valence-electron chi connectivity index (χ1n) is 10.6. The first-order valence-corrected chi connectivity index (χ1v) is 11.0. The van der Waals surface area contributed by atoms with Gasteiger partial charge in [0.25, 0.3) is 11.7 Å². The Labute approximate surface area is 199 Å². The third-order valence-electron chi connectivity index (χ3n) is 5.70. The van der Waals surface area contributed by atoms with E-state index in [9.17, 15) is 14.7 Å². The third kappa shape index (κ3) is 4.84. The van der Waals surface area contributed by atoms with E-state index in [1.807, 2.05) is 69.2 Å². The Kier molecular flexibility index (Phi) is 7.34. The van der Waals surface area contributed by atoms with Crippen LogP contribution in [0.25, 0.3) is 5.76 Å². The number of ether oxygens (including phenoxy) is 1. The summed E-state index contributed by atoms with van der Waals surface area (Å²) >= 11 is 6.33. The zero-order valence-electron chi connectivity index (χ0n) is 19.8. The van der Waals surface area contributed by atoms with Gasteiger partial charge in [-0.05, 0) is 56.4 Å². The predicted octanol–water partition coefficient (Wildman–Crippen LogP) is 3.71. The van der Waals surface area contributed by atoms with E-state index < -0.39 is 17.7 Å². The molecule has 1 amide bonds. The lowest BCUT2D eigenvalue weighted by Crippen LogP contribution is -2.35. The number of likely N-dealkylation sites (N-methyl/N-ethyl adjacent to an activating group) is 1. The van der Waals surface area contributed by atoms with Gasteiger partial charge in [-0.3, -0.25) is 9.59 Å². The molecule has 1 heterocycles. The van der Waals surface area contributed by atoms with E-state index in [-0.39, 0.29) is 22.6 Å². The molecular weight excluding hydrogens is 442 g/mol. The molecule has 0 spiro atoms. The van der Waals surface area contributed by atoms with Crippen molar-refractivity contribution in [3.05, 3.63) is 63.7 Å². The number of aliphatic hydroxyl groups excluding tert-OH is 1. The van der Waals surface area contributed by atoms with Crippen molar-refractivity contribution in [3.8, 4) is 5.75 Å². The molecule has 0 aromatic heterocycles. The maximum Gasteiger partial charge on any atom is 0.295 e. The number of anilines is 1. The van der Waals surface area contributed by atoms with Crippen molar-refractivity contribution in [1.29, 1.82) is 0 Å². The fraction of sp³-hybridized carbons (Fsp3) is 0.360. The summed E-state index contributed by atoms with van der Waals surface area (Å²) in [6, 6.07) is 10.3. The zero-order valence-corrected chi connectivity index (χ0v) is 20.6. The van der Waals surface area contributed by atoms with Crippen LogP contribution in [0.4, 0.5) is 5.69 Å². The highest BCUT2D eigenvalue weighted by molar-refractivity contribution is 6.46. The van der Waals surface area contributed by atoms with E-state index in [0.717, 1.165) is 16.8 Å². The Balaban J connectivity index is 2.23. The van der Waals surface area contributed by atoms with Crippen molar-refractivity contribution in [3.63, 3.8) is 0 Å². The maximum atomic E-state index is 13.2. The second kappa shape index (κ2) is 9.85. The van der Waals surface area contributed by atoms with Crippen molar-refractivity contribution in [1.82, 2.24) is 9.80 Å². The molecule has 1 aliphatic heterocycles. The lowest BCUT2D eigenvalue weighted by molar-refractivity contribution is -0.140. The topological polar surface area (TPSA) is 73.3 Å². The van der Waals surface area contributed by atoms with Gasteiger partial charge in [0.2, 0.25) is 0 Å². The van der Waals surface area contributed by atoms with E-state index in [1.54, 1.807) is 12.1 Å². The molecule has 1 unspecified atom stereocenters. The molecule has 1 atom stereocenters. The van der Waals surface area contributed by atoms with Crippen LogP contribution in [0.2, 0.25) is 5.02 Å². The minimum absolute atomic E-state index is 0.0244. The summed E-state index contributed by atoms with van der Waals surface area (Å²) in [7, 11) is 9.12. The van der Waals surface area contributed by atoms with Gasteiger partial charge in [0, 0.05) is 32.9 Å². The molecule has 2 aromatic carbocycles. The Bertz CT molecular complexity index is 1090. The minimum atomic E-state index is -0.731. The van der Waals surface area contributed by atoms with Crippen LogP contribution >= 0.6 is 11.6 Å². The fourth-order valence-corrected chi connectivity index (χ4v) is 4.33. The number of ketones is 1. The molecule has 3 rings (SSSR count). The average Bonchev–Trinajstić information content (AvgIpc) is 3.01. The number of benzene rings is 2. The van der Waals surface area contributed by atoms with E-state index >= 15 is 0 Å². The largest absolute Gasteiger partial charge is 0.507 e. The molecule has 1 N–H and O–H groups in total. The second-order valence-electron chi connectivity index (χ2n) is 8.61. The summed E-state index contributed by atoms with van der Waals surface area (Å²) in [4.78, 5) is 31.7. The van der Waals surface area contributed by atoms with Crippen molar-refractivity contribution >= 4 is 34.7 Å². The standard InChI is InChI=1S/C25H30ClN3O4/c1-15-13-18(24(33-6)19(26)14-15)22(30)20-21(16-7-9-17(10-8-16)28(4)5)29(12-11-27(2)3)25(32)23(20)31/h7-10,13-14,21,30H,11-12H2,1-6H3/b22-20+. The van der Waals surface area contributed by atoms with Crippen LogP contribution in [0.5, 0.6) is 5.75 Å². The summed E-state index contributed by atoms with van der Waals surface area (Å²) < 4.78 is 5.41. The number of carbonyl (C=O) groups is 2. The van der Waals surface area contributed by atoms with Gasteiger partial charge in [-0.1, -0.05) is 23.7 Å². The summed E-state index contributed by atoms with van der Waals surface area (Å²) in [5.74, 6) is -1.42. The highest BCUT2D eigenvalue weighted by Crippen LogP contribution is 2.42. The van der Waals surface area contributed by atoms with E-state index in [1.165, 1.54) is 12.0 Å². The molecule has 1 fully saturated rings. The lowest BCUT2D eigenvalue weighted by atomic mass is 9.94. The zero-order chi connectivity index (χ0) is 24.4. The van der Waals surface area contributed by atoms with Gasteiger partial charge in [0.1, 0.15) is 11.5 Å². The molecule has 7 nitrogen and oxygen atoms in total. The summed E-state index contributed by atoms with van der Waals surface area (Å²) in [5.41, 5.74) is 2.81. The highest BCUT2D eigenvalue weighted by Gasteiger charge is 2.46. The molecule has 0 bridgehead atoms. The summed E-state index contributed by atoms with van der Waals surface area (Å²) in [6.07, 6.45) is 0. The molecule has 33 heavy (non-hydrogen) atoms. The number of amides is 1. The number of methoxy groups -OCH3 is 1. The number of rotatable bonds is 7. The van der Waals surface area contributed by atoms with Crippen molar-refractivity contribution < 1.29 is 19.4 Å². The van der Waals surface area contributed by atoms with Crippen LogP contribution in [0.3, 0.4) is 0 Å².